The topological polar surface area (TPSA) is 60.2 Å². The van der Waals surface area contributed by atoms with Gasteiger partial charge in [-0.1, -0.05) is 6.07 Å². The molecule has 0 bridgehead atoms. The third-order valence-electron chi connectivity index (χ3n) is 3.87. The standard InChI is InChI=1S/C17H15IN4O/c18-14-3-1-2-13(10-14)17(23)22-8-6-21(7-9-22)16-5-4-15(11-19)20-12-16/h1-5,10,12H,6-9H2. The predicted molar refractivity (Wildman–Crippen MR) is 96.2 cm³/mol. The highest BCUT2D eigenvalue weighted by atomic mass is 127. The molecule has 1 aromatic heterocycles. The first kappa shape index (κ1) is 15.7. The van der Waals surface area contributed by atoms with E-state index in [2.05, 4.69) is 32.5 Å². The largest absolute Gasteiger partial charge is 0.367 e. The number of rotatable bonds is 2. The highest BCUT2D eigenvalue weighted by molar-refractivity contribution is 14.1. The van der Waals surface area contributed by atoms with Crippen LogP contribution in [-0.4, -0.2) is 42.0 Å². The molecule has 1 amide bonds. The smallest absolute Gasteiger partial charge is 0.254 e. The van der Waals surface area contributed by atoms with Gasteiger partial charge in [-0.15, -0.1) is 0 Å². The number of carbonyl (C=O) groups is 1. The molecule has 0 unspecified atom stereocenters. The predicted octanol–water partition coefficient (Wildman–Crippen LogP) is 2.52. The van der Waals surface area contributed by atoms with Gasteiger partial charge in [0.25, 0.3) is 5.91 Å². The zero-order valence-electron chi connectivity index (χ0n) is 12.4. The first-order valence-electron chi connectivity index (χ1n) is 7.33. The lowest BCUT2D eigenvalue weighted by Crippen LogP contribution is -2.48. The highest BCUT2D eigenvalue weighted by Gasteiger charge is 2.22. The lowest BCUT2D eigenvalue weighted by molar-refractivity contribution is 0.0746. The van der Waals surface area contributed by atoms with E-state index in [4.69, 9.17) is 5.26 Å². The molecule has 0 saturated carbocycles. The number of carbonyl (C=O) groups excluding carboxylic acids is 1. The summed E-state index contributed by atoms with van der Waals surface area (Å²) in [7, 11) is 0. The quantitative estimate of drug-likeness (QED) is 0.704. The first-order valence-corrected chi connectivity index (χ1v) is 8.41. The summed E-state index contributed by atoms with van der Waals surface area (Å²) in [5, 5.41) is 8.79. The second-order valence-electron chi connectivity index (χ2n) is 5.30. The maximum absolute atomic E-state index is 12.5. The number of pyridine rings is 1. The van der Waals surface area contributed by atoms with Gasteiger partial charge in [0.15, 0.2) is 0 Å². The summed E-state index contributed by atoms with van der Waals surface area (Å²) in [6.07, 6.45) is 1.72. The molecule has 23 heavy (non-hydrogen) atoms. The number of halogens is 1. The fourth-order valence-corrected chi connectivity index (χ4v) is 3.15. The van der Waals surface area contributed by atoms with Gasteiger partial charge in [0.05, 0.1) is 11.9 Å². The van der Waals surface area contributed by atoms with Crippen LogP contribution in [0, 0.1) is 14.9 Å². The van der Waals surface area contributed by atoms with Crippen LogP contribution in [0.25, 0.3) is 0 Å². The van der Waals surface area contributed by atoms with Crippen molar-refractivity contribution < 1.29 is 4.79 Å². The Morgan fingerprint density at radius 1 is 1.17 bits per heavy atom. The number of benzene rings is 1. The van der Waals surface area contributed by atoms with Gasteiger partial charge < -0.3 is 9.80 Å². The van der Waals surface area contributed by atoms with Gasteiger partial charge in [0, 0.05) is 35.3 Å². The Morgan fingerprint density at radius 2 is 1.96 bits per heavy atom. The van der Waals surface area contributed by atoms with Crippen LogP contribution in [0.5, 0.6) is 0 Å². The Kier molecular flexibility index (Phi) is 4.76. The number of amides is 1. The van der Waals surface area contributed by atoms with Gasteiger partial charge in [-0.25, -0.2) is 4.98 Å². The molecule has 3 rings (SSSR count). The van der Waals surface area contributed by atoms with Crippen LogP contribution in [-0.2, 0) is 0 Å². The van der Waals surface area contributed by atoms with Crippen LogP contribution in [0.1, 0.15) is 16.1 Å². The van der Waals surface area contributed by atoms with Gasteiger partial charge >= 0.3 is 0 Å². The number of hydrogen-bond donors (Lipinski definition) is 0. The molecule has 1 fully saturated rings. The average molecular weight is 418 g/mol. The molecule has 0 radical (unpaired) electrons. The Morgan fingerprint density at radius 3 is 2.57 bits per heavy atom. The van der Waals surface area contributed by atoms with E-state index < -0.39 is 0 Å². The molecule has 2 heterocycles. The van der Waals surface area contributed by atoms with E-state index in [1.54, 1.807) is 12.3 Å². The van der Waals surface area contributed by atoms with Crippen LogP contribution in [0.4, 0.5) is 5.69 Å². The SMILES string of the molecule is N#Cc1ccc(N2CCN(C(=O)c3cccc(I)c3)CC2)cn1. The minimum absolute atomic E-state index is 0.0844. The molecule has 5 nitrogen and oxygen atoms in total. The minimum atomic E-state index is 0.0844. The Balaban J connectivity index is 1.64. The summed E-state index contributed by atoms with van der Waals surface area (Å²) in [4.78, 5) is 20.7. The normalized spacial score (nSPS) is 14.4. The molecular weight excluding hydrogens is 403 g/mol. The zero-order valence-corrected chi connectivity index (χ0v) is 14.6. The molecule has 0 N–H and O–H groups in total. The Hall–Kier alpha value is -2.14. The first-order chi connectivity index (χ1) is 11.2. The number of nitrogens with zero attached hydrogens (tertiary/aromatic N) is 4. The monoisotopic (exact) mass is 418 g/mol. The van der Waals surface area contributed by atoms with Crippen LogP contribution >= 0.6 is 22.6 Å². The summed E-state index contributed by atoms with van der Waals surface area (Å²) in [6.45, 7) is 2.90. The Labute approximate surface area is 148 Å². The van der Waals surface area contributed by atoms with E-state index >= 15 is 0 Å². The summed E-state index contributed by atoms with van der Waals surface area (Å²) in [5.74, 6) is 0.0844. The fourth-order valence-electron chi connectivity index (χ4n) is 2.61. The molecule has 1 aliphatic rings. The zero-order chi connectivity index (χ0) is 16.2. The minimum Gasteiger partial charge on any atom is -0.367 e. The van der Waals surface area contributed by atoms with Crippen molar-refractivity contribution in [1.82, 2.24) is 9.88 Å². The van der Waals surface area contributed by atoms with Crippen molar-refractivity contribution in [3.8, 4) is 6.07 Å². The van der Waals surface area contributed by atoms with Crippen LogP contribution in [0.2, 0.25) is 0 Å². The summed E-state index contributed by atoms with van der Waals surface area (Å²) >= 11 is 2.22. The van der Waals surface area contributed by atoms with Gasteiger partial charge in [0.1, 0.15) is 11.8 Å². The van der Waals surface area contributed by atoms with Crippen LogP contribution in [0.3, 0.4) is 0 Å². The number of hydrogen-bond acceptors (Lipinski definition) is 4. The van der Waals surface area contributed by atoms with Crippen molar-refractivity contribution in [2.75, 3.05) is 31.1 Å². The van der Waals surface area contributed by atoms with E-state index in [1.165, 1.54) is 0 Å². The summed E-state index contributed by atoms with van der Waals surface area (Å²) in [6, 6.07) is 13.3. The molecule has 0 aliphatic carbocycles. The molecule has 0 spiro atoms. The molecule has 1 aromatic carbocycles. The molecule has 6 heteroatoms. The van der Waals surface area contributed by atoms with Gasteiger partial charge in [-0.2, -0.15) is 5.26 Å². The number of nitriles is 1. The molecular formula is C17H15IN4O. The van der Waals surface area contributed by atoms with Crippen molar-refractivity contribution in [1.29, 1.82) is 5.26 Å². The fraction of sp³-hybridized carbons (Fsp3) is 0.235. The highest BCUT2D eigenvalue weighted by Crippen LogP contribution is 2.17. The van der Waals surface area contributed by atoms with Gasteiger partial charge in [-0.05, 0) is 52.9 Å². The molecule has 2 aromatic rings. The lowest BCUT2D eigenvalue weighted by atomic mass is 10.2. The van der Waals surface area contributed by atoms with Gasteiger partial charge in [0.2, 0.25) is 0 Å². The van der Waals surface area contributed by atoms with Crippen molar-refractivity contribution in [2.24, 2.45) is 0 Å². The van der Waals surface area contributed by atoms with E-state index in [9.17, 15) is 4.79 Å². The van der Waals surface area contributed by atoms with E-state index in [0.717, 1.165) is 27.9 Å². The van der Waals surface area contributed by atoms with Gasteiger partial charge in [-0.3, -0.25) is 4.79 Å². The molecule has 1 saturated heterocycles. The number of piperazine rings is 1. The number of aromatic nitrogens is 1. The maximum Gasteiger partial charge on any atom is 0.254 e. The summed E-state index contributed by atoms with van der Waals surface area (Å²) < 4.78 is 1.07. The third-order valence-corrected chi connectivity index (χ3v) is 4.54. The van der Waals surface area contributed by atoms with Crippen LogP contribution in [0.15, 0.2) is 42.6 Å². The molecule has 116 valence electrons. The van der Waals surface area contributed by atoms with E-state index in [-0.39, 0.29) is 5.91 Å². The second kappa shape index (κ2) is 6.96. The Bertz CT molecular complexity index is 746. The van der Waals surface area contributed by atoms with Crippen molar-refractivity contribution in [3.05, 3.63) is 57.4 Å². The maximum atomic E-state index is 12.5. The van der Waals surface area contributed by atoms with Crippen molar-refractivity contribution >= 4 is 34.2 Å². The summed E-state index contributed by atoms with van der Waals surface area (Å²) in [5.41, 5.74) is 2.15. The average Bonchev–Trinajstić information content (AvgIpc) is 2.61. The van der Waals surface area contributed by atoms with Crippen molar-refractivity contribution in [2.45, 2.75) is 0 Å². The third kappa shape index (κ3) is 3.62. The lowest BCUT2D eigenvalue weighted by Gasteiger charge is -2.36. The molecule has 0 atom stereocenters. The second-order valence-corrected chi connectivity index (χ2v) is 6.55. The number of anilines is 1. The van der Waals surface area contributed by atoms with Crippen LogP contribution < -0.4 is 4.90 Å². The molecule has 1 aliphatic heterocycles. The van der Waals surface area contributed by atoms with E-state index in [1.807, 2.05) is 41.3 Å². The van der Waals surface area contributed by atoms with Crippen molar-refractivity contribution in [3.63, 3.8) is 0 Å². The van der Waals surface area contributed by atoms with E-state index in [0.29, 0.717) is 18.8 Å².